The van der Waals surface area contributed by atoms with Crippen molar-refractivity contribution in [1.29, 1.82) is 0 Å². The predicted octanol–water partition coefficient (Wildman–Crippen LogP) is 4.02. The second-order valence-electron chi connectivity index (χ2n) is 7.79. The maximum absolute atomic E-state index is 6.54. The van der Waals surface area contributed by atoms with Crippen LogP contribution < -0.4 is 0 Å². The Kier molecular flexibility index (Phi) is 1.98. The highest BCUT2D eigenvalue weighted by Gasteiger charge is 2.63. The first-order valence-electron chi connectivity index (χ1n) is 6.97. The van der Waals surface area contributed by atoms with Gasteiger partial charge in [-0.2, -0.15) is 0 Å². The molecule has 0 N–H and O–H groups in total. The van der Waals surface area contributed by atoms with Crippen molar-refractivity contribution in [3.8, 4) is 0 Å². The van der Waals surface area contributed by atoms with Crippen LogP contribution in [0, 0.1) is 23.2 Å². The summed E-state index contributed by atoms with van der Waals surface area (Å²) in [6.07, 6.45) is 5.31. The molecule has 1 nitrogen and oxygen atoms in total. The Labute approximate surface area is 99.9 Å². The summed E-state index contributed by atoms with van der Waals surface area (Å²) < 4.78 is 6.54. The summed E-state index contributed by atoms with van der Waals surface area (Å²) in [6, 6.07) is 0. The van der Waals surface area contributed by atoms with Crippen molar-refractivity contribution in [2.75, 3.05) is 0 Å². The molecule has 0 radical (unpaired) electrons. The van der Waals surface area contributed by atoms with Gasteiger partial charge in [-0.3, -0.25) is 0 Å². The van der Waals surface area contributed by atoms with E-state index in [1.807, 2.05) is 0 Å². The van der Waals surface area contributed by atoms with Gasteiger partial charge in [0.25, 0.3) is 0 Å². The molecule has 0 aromatic rings. The molecular weight excluding hydrogens is 196 g/mol. The lowest BCUT2D eigenvalue weighted by molar-refractivity contribution is -0.312. The summed E-state index contributed by atoms with van der Waals surface area (Å²) in [6.45, 7) is 12.1. The fraction of sp³-hybridized carbons (Fsp3) is 1.00. The van der Waals surface area contributed by atoms with Gasteiger partial charge in [-0.15, -0.1) is 0 Å². The second-order valence-corrected chi connectivity index (χ2v) is 7.79. The first-order valence-corrected chi connectivity index (χ1v) is 6.97. The van der Waals surface area contributed by atoms with Crippen LogP contribution in [-0.2, 0) is 4.74 Å². The van der Waals surface area contributed by atoms with Gasteiger partial charge in [0.05, 0.1) is 11.2 Å². The molecular formula is C15H26O. The molecule has 2 heterocycles. The van der Waals surface area contributed by atoms with Gasteiger partial charge in [0.1, 0.15) is 0 Å². The van der Waals surface area contributed by atoms with Crippen molar-refractivity contribution in [2.45, 2.75) is 71.5 Å². The molecule has 5 atom stereocenters. The predicted molar refractivity (Wildman–Crippen MR) is 66.3 cm³/mol. The molecule has 2 aliphatic carbocycles. The van der Waals surface area contributed by atoms with Gasteiger partial charge in [-0.05, 0) is 62.7 Å². The van der Waals surface area contributed by atoms with Crippen molar-refractivity contribution >= 4 is 0 Å². The van der Waals surface area contributed by atoms with Gasteiger partial charge in [-0.25, -0.2) is 0 Å². The van der Waals surface area contributed by atoms with Gasteiger partial charge in [0, 0.05) is 0 Å². The van der Waals surface area contributed by atoms with Crippen LogP contribution in [-0.4, -0.2) is 11.2 Å². The quantitative estimate of drug-likeness (QED) is 0.601. The van der Waals surface area contributed by atoms with Crippen molar-refractivity contribution in [2.24, 2.45) is 23.2 Å². The average molecular weight is 222 g/mol. The molecule has 16 heavy (non-hydrogen) atoms. The van der Waals surface area contributed by atoms with Crippen molar-refractivity contribution in [1.82, 2.24) is 0 Å². The summed E-state index contributed by atoms with van der Waals surface area (Å²) in [5, 5.41) is 0. The number of ether oxygens (including phenoxy) is 1. The molecule has 0 amide bonds. The summed E-state index contributed by atoms with van der Waals surface area (Å²) in [7, 11) is 0. The molecule has 0 aromatic carbocycles. The number of rotatable bonds is 0. The lowest BCUT2D eigenvalue weighted by atomic mass is 9.47. The first-order chi connectivity index (χ1) is 7.27. The third-order valence-corrected chi connectivity index (χ3v) is 6.14. The van der Waals surface area contributed by atoms with Gasteiger partial charge >= 0.3 is 0 Å². The molecule has 4 aliphatic rings. The molecule has 0 spiro atoms. The highest BCUT2D eigenvalue weighted by atomic mass is 16.5. The van der Waals surface area contributed by atoms with Crippen LogP contribution in [0.1, 0.15) is 60.3 Å². The minimum atomic E-state index is 0.172. The van der Waals surface area contributed by atoms with E-state index in [1.165, 1.54) is 25.7 Å². The van der Waals surface area contributed by atoms with E-state index >= 15 is 0 Å². The fourth-order valence-electron chi connectivity index (χ4n) is 5.19. The molecule has 2 aliphatic heterocycles. The Balaban J connectivity index is 2.06. The molecule has 4 fully saturated rings. The van der Waals surface area contributed by atoms with Gasteiger partial charge in [-0.1, -0.05) is 20.8 Å². The smallest absolute Gasteiger partial charge is 0.0718 e. The van der Waals surface area contributed by atoms with Crippen LogP contribution >= 0.6 is 0 Å². The Morgan fingerprint density at radius 3 is 2.31 bits per heavy atom. The topological polar surface area (TPSA) is 9.23 Å². The molecule has 92 valence electrons. The second kappa shape index (κ2) is 2.85. The third-order valence-electron chi connectivity index (χ3n) is 6.14. The van der Waals surface area contributed by atoms with Crippen LogP contribution in [0.5, 0.6) is 0 Å². The molecule has 4 rings (SSSR count). The lowest BCUT2D eigenvalue weighted by Crippen LogP contribution is -2.67. The molecule has 0 aromatic heterocycles. The van der Waals surface area contributed by atoms with E-state index < -0.39 is 0 Å². The standard InChI is InChI=1S/C15H26O/c1-10-8-13(2,3)12-9-14(4)7-6-11(12)15(10,5)16-14/h10-12H,6-9H2,1-5H3. The minimum absolute atomic E-state index is 0.172. The zero-order valence-electron chi connectivity index (χ0n) is 11.5. The summed E-state index contributed by atoms with van der Waals surface area (Å²) >= 11 is 0. The SMILES string of the molecule is CC1CC(C)(C)C2CC3(C)CCC2C1(C)O3. The molecule has 2 saturated carbocycles. The monoisotopic (exact) mass is 222 g/mol. The van der Waals surface area contributed by atoms with E-state index in [0.717, 1.165) is 11.8 Å². The normalized spacial score (nSPS) is 58.7. The van der Waals surface area contributed by atoms with Gasteiger partial charge < -0.3 is 4.74 Å². The van der Waals surface area contributed by atoms with Crippen molar-refractivity contribution < 1.29 is 4.74 Å². The maximum atomic E-state index is 6.54. The highest BCUT2D eigenvalue weighted by molar-refractivity contribution is 5.12. The van der Waals surface area contributed by atoms with Crippen molar-refractivity contribution in [3.63, 3.8) is 0 Å². The third kappa shape index (κ3) is 1.21. The first kappa shape index (κ1) is 11.1. The maximum Gasteiger partial charge on any atom is 0.0718 e. The fourth-order valence-corrected chi connectivity index (χ4v) is 5.19. The zero-order valence-corrected chi connectivity index (χ0v) is 11.5. The van der Waals surface area contributed by atoms with E-state index in [-0.39, 0.29) is 11.2 Å². The van der Waals surface area contributed by atoms with Crippen LogP contribution in [0.15, 0.2) is 0 Å². The molecule has 2 saturated heterocycles. The summed E-state index contributed by atoms with van der Waals surface area (Å²) in [5.74, 6) is 2.41. The number of fused-ring (bicyclic) bond motifs is 1. The van der Waals surface area contributed by atoms with Crippen LogP contribution in [0.4, 0.5) is 0 Å². The van der Waals surface area contributed by atoms with E-state index in [4.69, 9.17) is 4.74 Å². The van der Waals surface area contributed by atoms with E-state index in [1.54, 1.807) is 0 Å². The minimum Gasteiger partial charge on any atom is -0.369 e. The zero-order chi connectivity index (χ0) is 11.8. The average Bonchev–Trinajstić information content (AvgIpc) is 2.14. The van der Waals surface area contributed by atoms with Crippen LogP contribution in [0.25, 0.3) is 0 Å². The van der Waals surface area contributed by atoms with Gasteiger partial charge in [0.15, 0.2) is 0 Å². The van der Waals surface area contributed by atoms with E-state index in [9.17, 15) is 0 Å². The van der Waals surface area contributed by atoms with Crippen LogP contribution in [0.2, 0.25) is 0 Å². The van der Waals surface area contributed by atoms with E-state index in [0.29, 0.717) is 11.3 Å². The Morgan fingerprint density at radius 1 is 1.00 bits per heavy atom. The summed E-state index contributed by atoms with van der Waals surface area (Å²) in [4.78, 5) is 0. The highest BCUT2D eigenvalue weighted by Crippen LogP contribution is 2.64. The molecule has 5 unspecified atom stereocenters. The molecule has 1 heteroatoms. The van der Waals surface area contributed by atoms with Crippen LogP contribution in [0.3, 0.4) is 0 Å². The summed E-state index contributed by atoms with van der Waals surface area (Å²) in [5.41, 5.74) is 0.876. The Bertz CT molecular complexity index is 321. The largest absolute Gasteiger partial charge is 0.369 e. The van der Waals surface area contributed by atoms with Crippen molar-refractivity contribution in [3.05, 3.63) is 0 Å². The van der Waals surface area contributed by atoms with Gasteiger partial charge in [0.2, 0.25) is 0 Å². The Hall–Kier alpha value is -0.0400. The number of hydrogen-bond donors (Lipinski definition) is 0. The van der Waals surface area contributed by atoms with E-state index in [2.05, 4.69) is 34.6 Å². The lowest BCUT2D eigenvalue weighted by Gasteiger charge is -2.67. The number of hydrogen-bond acceptors (Lipinski definition) is 1. The Morgan fingerprint density at radius 2 is 1.69 bits per heavy atom. The molecule has 4 bridgehead atoms.